The molecular weight excluding hydrogens is 168 g/mol. The van der Waals surface area contributed by atoms with Gasteiger partial charge in [-0.05, 0) is 23.8 Å². The van der Waals surface area contributed by atoms with Crippen LogP contribution in [0.3, 0.4) is 0 Å². The molecule has 0 radical (unpaired) electrons. The molecule has 0 aliphatic rings. The molecule has 14 heavy (non-hydrogen) atoms. The highest BCUT2D eigenvalue weighted by molar-refractivity contribution is 5.15. The van der Waals surface area contributed by atoms with Crippen LogP contribution in [-0.2, 0) is 6.42 Å². The summed E-state index contributed by atoms with van der Waals surface area (Å²) in [5.74, 6) is 0. The van der Waals surface area contributed by atoms with Crippen LogP contribution in [-0.4, -0.2) is 0 Å². The van der Waals surface area contributed by atoms with E-state index in [4.69, 9.17) is 0 Å². The van der Waals surface area contributed by atoms with Gasteiger partial charge >= 0.3 is 0 Å². The molecule has 0 bridgehead atoms. The monoisotopic (exact) mass is 188 g/mol. The molecule has 0 aromatic heterocycles. The summed E-state index contributed by atoms with van der Waals surface area (Å²) in [6, 6.07) is 10.6. The number of rotatable bonds is 3. The van der Waals surface area contributed by atoms with Crippen molar-refractivity contribution in [3.05, 3.63) is 48.0 Å². The van der Waals surface area contributed by atoms with Crippen molar-refractivity contribution in [3.8, 4) is 0 Å². The van der Waals surface area contributed by atoms with Crippen molar-refractivity contribution in [1.82, 2.24) is 0 Å². The standard InChI is InChI=1S/C14H20/c1-14(2,3)12-8-7-11-13-9-5-4-6-10-13/h4-6,8-10,12H,7,11H2,1-3H3. The molecule has 1 aromatic rings. The van der Waals surface area contributed by atoms with Gasteiger partial charge in [0.15, 0.2) is 0 Å². The van der Waals surface area contributed by atoms with Gasteiger partial charge in [0.1, 0.15) is 0 Å². The second-order valence-corrected chi connectivity index (χ2v) is 4.79. The fraction of sp³-hybridized carbons (Fsp3) is 0.429. The highest BCUT2D eigenvalue weighted by atomic mass is 14.1. The lowest BCUT2D eigenvalue weighted by atomic mass is 9.95. The minimum atomic E-state index is 0.316. The summed E-state index contributed by atoms with van der Waals surface area (Å²) in [6.07, 6.45) is 6.86. The van der Waals surface area contributed by atoms with E-state index in [1.807, 2.05) is 0 Å². The Labute approximate surface area is 87.7 Å². The molecule has 0 atom stereocenters. The molecule has 1 rings (SSSR count). The van der Waals surface area contributed by atoms with Gasteiger partial charge in [0.2, 0.25) is 0 Å². The predicted octanol–water partition coefficient (Wildman–Crippen LogP) is 4.22. The molecule has 76 valence electrons. The minimum Gasteiger partial charge on any atom is -0.0877 e. The SMILES string of the molecule is CC(C)(C)C=CCCc1ccccc1. The summed E-state index contributed by atoms with van der Waals surface area (Å²) in [5.41, 5.74) is 1.74. The van der Waals surface area contributed by atoms with Gasteiger partial charge in [-0.3, -0.25) is 0 Å². The van der Waals surface area contributed by atoms with Crippen molar-refractivity contribution in [3.63, 3.8) is 0 Å². The van der Waals surface area contributed by atoms with E-state index in [-0.39, 0.29) is 0 Å². The third-order valence-electron chi connectivity index (χ3n) is 2.06. The minimum absolute atomic E-state index is 0.316. The Morgan fingerprint density at radius 2 is 1.71 bits per heavy atom. The third-order valence-corrected chi connectivity index (χ3v) is 2.06. The van der Waals surface area contributed by atoms with Crippen LogP contribution in [0.15, 0.2) is 42.5 Å². The van der Waals surface area contributed by atoms with Crippen LogP contribution in [0.2, 0.25) is 0 Å². The molecule has 0 heterocycles. The normalized spacial score (nSPS) is 12.2. The molecule has 0 saturated carbocycles. The van der Waals surface area contributed by atoms with Crippen LogP contribution in [0.25, 0.3) is 0 Å². The van der Waals surface area contributed by atoms with Gasteiger partial charge in [0.25, 0.3) is 0 Å². The lowest BCUT2D eigenvalue weighted by Gasteiger charge is -2.10. The van der Waals surface area contributed by atoms with Crippen molar-refractivity contribution < 1.29 is 0 Å². The molecule has 0 spiro atoms. The Morgan fingerprint density at radius 1 is 1.07 bits per heavy atom. The van der Waals surface area contributed by atoms with Crippen molar-refractivity contribution in [2.75, 3.05) is 0 Å². The van der Waals surface area contributed by atoms with Crippen LogP contribution < -0.4 is 0 Å². The lowest BCUT2D eigenvalue weighted by Crippen LogP contribution is -1.98. The Kier molecular flexibility index (Phi) is 3.94. The summed E-state index contributed by atoms with van der Waals surface area (Å²) in [6.45, 7) is 6.68. The van der Waals surface area contributed by atoms with Crippen LogP contribution in [0.1, 0.15) is 32.8 Å². The smallest absolute Gasteiger partial charge is 0.0203 e. The topological polar surface area (TPSA) is 0 Å². The van der Waals surface area contributed by atoms with Crippen LogP contribution in [0, 0.1) is 5.41 Å². The fourth-order valence-corrected chi connectivity index (χ4v) is 1.33. The first kappa shape index (κ1) is 11.0. The maximum absolute atomic E-state index is 2.29. The second-order valence-electron chi connectivity index (χ2n) is 4.79. The quantitative estimate of drug-likeness (QED) is 0.623. The van der Waals surface area contributed by atoms with Crippen molar-refractivity contribution in [2.24, 2.45) is 5.41 Å². The Morgan fingerprint density at radius 3 is 2.29 bits per heavy atom. The highest BCUT2D eigenvalue weighted by Crippen LogP contribution is 2.15. The Hall–Kier alpha value is -1.04. The van der Waals surface area contributed by atoms with Gasteiger partial charge in [-0.1, -0.05) is 63.3 Å². The van der Waals surface area contributed by atoms with Crippen LogP contribution >= 0.6 is 0 Å². The summed E-state index contributed by atoms with van der Waals surface area (Å²) in [7, 11) is 0. The molecule has 0 unspecified atom stereocenters. The maximum atomic E-state index is 2.29. The first-order valence-corrected chi connectivity index (χ1v) is 5.29. The average Bonchev–Trinajstić information content (AvgIpc) is 2.13. The highest BCUT2D eigenvalue weighted by Gasteiger charge is 2.02. The number of hydrogen-bond donors (Lipinski definition) is 0. The van der Waals surface area contributed by atoms with Crippen LogP contribution in [0.5, 0.6) is 0 Å². The van der Waals surface area contributed by atoms with Crippen molar-refractivity contribution in [2.45, 2.75) is 33.6 Å². The molecule has 0 aliphatic heterocycles. The zero-order valence-electron chi connectivity index (χ0n) is 9.46. The molecule has 0 heteroatoms. The summed E-state index contributed by atoms with van der Waals surface area (Å²) >= 11 is 0. The zero-order chi connectivity index (χ0) is 10.4. The van der Waals surface area contributed by atoms with Crippen molar-refractivity contribution in [1.29, 1.82) is 0 Å². The van der Waals surface area contributed by atoms with Gasteiger partial charge in [-0.15, -0.1) is 0 Å². The van der Waals surface area contributed by atoms with Gasteiger partial charge in [-0.2, -0.15) is 0 Å². The summed E-state index contributed by atoms with van der Waals surface area (Å²) in [5, 5.41) is 0. The number of hydrogen-bond acceptors (Lipinski definition) is 0. The number of benzene rings is 1. The number of aryl methyl sites for hydroxylation is 1. The van der Waals surface area contributed by atoms with Crippen molar-refractivity contribution >= 4 is 0 Å². The first-order chi connectivity index (χ1) is 6.58. The van der Waals surface area contributed by atoms with E-state index in [1.165, 1.54) is 5.56 Å². The molecule has 0 fully saturated rings. The molecule has 0 aliphatic carbocycles. The van der Waals surface area contributed by atoms with E-state index in [0.717, 1.165) is 12.8 Å². The van der Waals surface area contributed by atoms with E-state index in [1.54, 1.807) is 0 Å². The molecule has 1 aromatic carbocycles. The van der Waals surface area contributed by atoms with E-state index in [0.29, 0.717) is 5.41 Å². The summed E-state index contributed by atoms with van der Waals surface area (Å²) < 4.78 is 0. The van der Waals surface area contributed by atoms with Gasteiger partial charge < -0.3 is 0 Å². The maximum Gasteiger partial charge on any atom is -0.0203 e. The van der Waals surface area contributed by atoms with E-state index < -0.39 is 0 Å². The Bertz CT molecular complexity index is 275. The fourth-order valence-electron chi connectivity index (χ4n) is 1.33. The van der Waals surface area contributed by atoms with Gasteiger partial charge in [0.05, 0.1) is 0 Å². The van der Waals surface area contributed by atoms with E-state index >= 15 is 0 Å². The van der Waals surface area contributed by atoms with Gasteiger partial charge in [0, 0.05) is 0 Å². The molecule has 0 amide bonds. The van der Waals surface area contributed by atoms with E-state index in [2.05, 4.69) is 63.3 Å². The molecular formula is C14H20. The first-order valence-electron chi connectivity index (χ1n) is 5.29. The van der Waals surface area contributed by atoms with Gasteiger partial charge in [-0.25, -0.2) is 0 Å². The molecule has 0 nitrogen and oxygen atoms in total. The zero-order valence-corrected chi connectivity index (χ0v) is 9.46. The Balaban J connectivity index is 2.33. The predicted molar refractivity (Wildman–Crippen MR) is 63.4 cm³/mol. The van der Waals surface area contributed by atoms with E-state index in [9.17, 15) is 0 Å². The summed E-state index contributed by atoms with van der Waals surface area (Å²) in [4.78, 5) is 0. The molecule has 0 saturated heterocycles. The second kappa shape index (κ2) is 4.99. The average molecular weight is 188 g/mol. The third kappa shape index (κ3) is 4.86. The number of allylic oxidation sites excluding steroid dienone is 2. The molecule has 0 N–H and O–H groups in total. The lowest BCUT2D eigenvalue weighted by molar-refractivity contribution is 0.542. The van der Waals surface area contributed by atoms with Crippen LogP contribution in [0.4, 0.5) is 0 Å². The largest absolute Gasteiger partial charge is 0.0877 e.